The van der Waals surface area contributed by atoms with E-state index in [1.165, 1.54) is 6.42 Å². The molecule has 1 N–H and O–H groups in total. The predicted octanol–water partition coefficient (Wildman–Crippen LogP) is 2.44. The van der Waals surface area contributed by atoms with Crippen molar-refractivity contribution < 1.29 is 0 Å². The molecule has 0 saturated carbocycles. The lowest BCUT2D eigenvalue weighted by atomic mass is 9.91. The van der Waals surface area contributed by atoms with Crippen LogP contribution >= 0.6 is 0 Å². The third-order valence-corrected chi connectivity index (χ3v) is 2.23. The van der Waals surface area contributed by atoms with E-state index in [9.17, 15) is 0 Å². The second-order valence-corrected chi connectivity index (χ2v) is 3.11. The molecule has 0 aliphatic heterocycles. The minimum absolute atomic E-state index is 0.706. The second-order valence-electron chi connectivity index (χ2n) is 3.11. The van der Waals surface area contributed by atoms with Crippen molar-refractivity contribution in [3.8, 4) is 0 Å². The van der Waals surface area contributed by atoms with Gasteiger partial charge in [0.1, 0.15) is 0 Å². The first-order chi connectivity index (χ1) is 5.26. The summed E-state index contributed by atoms with van der Waals surface area (Å²) < 4.78 is 0. The summed E-state index contributed by atoms with van der Waals surface area (Å²) in [6.45, 7) is 7.75. The third kappa shape index (κ3) is 4.20. The molecule has 1 nitrogen and oxygen atoms in total. The van der Waals surface area contributed by atoms with Gasteiger partial charge in [-0.3, -0.25) is 0 Å². The van der Waals surface area contributed by atoms with Crippen LogP contribution in [0.4, 0.5) is 0 Å². The molecule has 0 saturated heterocycles. The zero-order chi connectivity index (χ0) is 8.69. The summed E-state index contributed by atoms with van der Waals surface area (Å²) in [5.74, 6) is 1.49. The Hall–Kier alpha value is -0.300. The second kappa shape index (κ2) is 6.41. The van der Waals surface area contributed by atoms with Crippen molar-refractivity contribution in [2.45, 2.75) is 27.2 Å². The van der Waals surface area contributed by atoms with Gasteiger partial charge in [0.05, 0.1) is 0 Å². The Morgan fingerprint density at radius 3 is 2.45 bits per heavy atom. The van der Waals surface area contributed by atoms with Crippen molar-refractivity contribution in [1.29, 1.82) is 0 Å². The van der Waals surface area contributed by atoms with Gasteiger partial charge in [-0.15, -0.1) is 0 Å². The number of allylic oxidation sites excluding steroid dienone is 2. The Balaban J connectivity index is 3.80. The molecule has 1 heteroatoms. The van der Waals surface area contributed by atoms with Crippen LogP contribution in [-0.2, 0) is 0 Å². The molecule has 0 fully saturated rings. The molecule has 2 atom stereocenters. The molecule has 11 heavy (non-hydrogen) atoms. The fourth-order valence-corrected chi connectivity index (χ4v) is 1.42. The molecule has 2 unspecified atom stereocenters. The van der Waals surface area contributed by atoms with Crippen LogP contribution in [0.3, 0.4) is 0 Å². The minimum atomic E-state index is 0.706. The van der Waals surface area contributed by atoms with E-state index in [4.69, 9.17) is 0 Å². The van der Waals surface area contributed by atoms with Crippen molar-refractivity contribution in [1.82, 2.24) is 5.32 Å². The molecule has 0 aliphatic carbocycles. The smallest absolute Gasteiger partial charge is 0.00181 e. The van der Waals surface area contributed by atoms with Crippen LogP contribution in [0, 0.1) is 11.8 Å². The first-order valence-electron chi connectivity index (χ1n) is 4.53. The molecular weight excluding hydrogens is 134 g/mol. The van der Waals surface area contributed by atoms with Gasteiger partial charge >= 0.3 is 0 Å². The van der Waals surface area contributed by atoms with Gasteiger partial charge < -0.3 is 5.32 Å². The van der Waals surface area contributed by atoms with E-state index >= 15 is 0 Å². The van der Waals surface area contributed by atoms with Crippen LogP contribution in [0.2, 0.25) is 0 Å². The van der Waals surface area contributed by atoms with Gasteiger partial charge in [0, 0.05) is 0 Å². The Morgan fingerprint density at radius 1 is 1.45 bits per heavy atom. The maximum Gasteiger partial charge on any atom is -0.00181 e. The number of rotatable bonds is 5. The molecule has 0 aromatic heterocycles. The van der Waals surface area contributed by atoms with E-state index in [-0.39, 0.29) is 0 Å². The van der Waals surface area contributed by atoms with E-state index in [0.29, 0.717) is 5.92 Å². The Kier molecular flexibility index (Phi) is 6.24. The lowest BCUT2D eigenvalue weighted by Gasteiger charge is -2.18. The van der Waals surface area contributed by atoms with E-state index in [1.807, 2.05) is 7.05 Å². The summed E-state index contributed by atoms with van der Waals surface area (Å²) in [5.41, 5.74) is 0. The zero-order valence-electron chi connectivity index (χ0n) is 8.22. The van der Waals surface area contributed by atoms with Crippen molar-refractivity contribution in [2.75, 3.05) is 13.6 Å². The molecule has 0 rings (SSSR count). The third-order valence-electron chi connectivity index (χ3n) is 2.23. The molecule has 0 aromatic carbocycles. The van der Waals surface area contributed by atoms with Crippen LogP contribution < -0.4 is 5.32 Å². The maximum absolute atomic E-state index is 3.22. The summed E-state index contributed by atoms with van der Waals surface area (Å²) in [6, 6.07) is 0. The topological polar surface area (TPSA) is 12.0 Å². The quantitative estimate of drug-likeness (QED) is 0.601. The average Bonchev–Trinajstić information content (AvgIpc) is 2.00. The molecule has 0 amide bonds. The van der Waals surface area contributed by atoms with Crippen molar-refractivity contribution in [3.05, 3.63) is 12.2 Å². The summed E-state index contributed by atoms with van der Waals surface area (Å²) in [7, 11) is 2.02. The van der Waals surface area contributed by atoms with Gasteiger partial charge in [0.25, 0.3) is 0 Å². The summed E-state index contributed by atoms with van der Waals surface area (Å²) in [5, 5.41) is 3.22. The SMILES string of the molecule is C/C=C\C(C)C(CC)CNC. The Bertz CT molecular complexity index is 107. The molecule has 0 aromatic rings. The molecular formula is C10H21N. The normalized spacial score (nSPS) is 17.1. The Morgan fingerprint density at radius 2 is 2.09 bits per heavy atom. The van der Waals surface area contributed by atoms with E-state index < -0.39 is 0 Å². The van der Waals surface area contributed by atoms with E-state index in [0.717, 1.165) is 12.5 Å². The summed E-state index contributed by atoms with van der Waals surface area (Å²) >= 11 is 0. The molecule has 0 bridgehead atoms. The maximum atomic E-state index is 3.22. The van der Waals surface area contributed by atoms with Crippen molar-refractivity contribution >= 4 is 0 Å². The Labute approximate surface area is 70.9 Å². The van der Waals surface area contributed by atoms with Gasteiger partial charge in [0.2, 0.25) is 0 Å². The average molecular weight is 155 g/mol. The molecule has 0 heterocycles. The van der Waals surface area contributed by atoms with Crippen LogP contribution in [0.5, 0.6) is 0 Å². The van der Waals surface area contributed by atoms with Crippen LogP contribution in [0.25, 0.3) is 0 Å². The number of hydrogen-bond donors (Lipinski definition) is 1. The molecule has 0 radical (unpaired) electrons. The number of hydrogen-bond acceptors (Lipinski definition) is 1. The first kappa shape index (κ1) is 10.7. The van der Waals surface area contributed by atoms with Gasteiger partial charge in [-0.2, -0.15) is 0 Å². The van der Waals surface area contributed by atoms with Crippen LogP contribution in [0.15, 0.2) is 12.2 Å². The largest absolute Gasteiger partial charge is 0.319 e. The van der Waals surface area contributed by atoms with E-state index in [1.54, 1.807) is 0 Å². The highest BCUT2D eigenvalue weighted by Crippen LogP contribution is 2.15. The monoisotopic (exact) mass is 155 g/mol. The fourth-order valence-electron chi connectivity index (χ4n) is 1.42. The van der Waals surface area contributed by atoms with E-state index in [2.05, 4.69) is 38.2 Å². The summed E-state index contributed by atoms with van der Waals surface area (Å²) in [6.07, 6.45) is 5.68. The van der Waals surface area contributed by atoms with Crippen molar-refractivity contribution in [3.63, 3.8) is 0 Å². The standard InChI is InChI=1S/C10H21N/c1-5-7-9(3)10(6-2)8-11-4/h5,7,9-11H,6,8H2,1-4H3/b7-5-. The van der Waals surface area contributed by atoms with Crippen molar-refractivity contribution in [2.24, 2.45) is 11.8 Å². The molecule has 0 aliphatic rings. The lowest BCUT2D eigenvalue weighted by molar-refractivity contribution is 0.393. The van der Waals surface area contributed by atoms with Gasteiger partial charge in [-0.1, -0.05) is 32.4 Å². The van der Waals surface area contributed by atoms with Gasteiger partial charge in [0.15, 0.2) is 0 Å². The predicted molar refractivity (Wildman–Crippen MR) is 51.7 cm³/mol. The molecule has 0 spiro atoms. The highest BCUT2D eigenvalue weighted by molar-refractivity contribution is 4.87. The van der Waals surface area contributed by atoms with Crippen LogP contribution in [-0.4, -0.2) is 13.6 Å². The minimum Gasteiger partial charge on any atom is -0.319 e. The summed E-state index contributed by atoms with van der Waals surface area (Å²) in [4.78, 5) is 0. The first-order valence-corrected chi connectivity index (χ1v) is 4.53. The zero-order valence-corrected chi connectivity index (χ0v) is 8.22. The lowest BCUT2D eigenvalue weighted by Crippen LogP contribution is -2.22. The highest BCUT2D eigenvalue weighted by Gasteiger charge is 2.10. The van der Waals surface area contributed by atoms with Gasteiger partial charge in [-0.05, 0) is 32.4 Å². The molecule has 66 valence electrons. The van der Waals surface area contributed by atoms with Crippen LogP contribution in [0.1, 0.15) is 27.2 Å². The number of nitrogens with one attached hydrogen (secondary N) is 1. The fraction of sp³-hybridized carbons (Fsp3) is 0.800. The highest BCUT2D eigenvalue weighted by atomic mass is 14.8. The van der Waals surface area contributed by atoms with Gasteiger partial charge in [-0.25, -0.2) is 0 Å².